The Kier molecular flexibility index (Phi) is 4.12. The molecule has 1 unspecified atom stereocenters. The van der Waals surface area contributed by atoms with Gasteiger partial charge in [-0.05, 0) is 34.1 Å². The van der Waals surface area contributed by atoms with Crippen molar-refractivity contribution in [2.75, 3.05) is 19.8 Å². The Morgan fingerprint density at radius 2 is 2.13 bits per heavy atom. The van der Waals surface area contributed by atoms with E-state index in [0.29, 0.717) is 19.6 Å². The summed E-state index contributed by atoms with van der Waals surface area (Å²) in [4.78, 5) is 0. The standard InChI is InChI=1S/C11H22O4/c1-10(2,5-6-12)13-7-9-8-14-11(3,4)15-9/h9,12H,5-8H2,1-4H3. The van der Waals surface area contributed by atoms with Crippen molar-refractivity contribution in [1.82, 2.24) is 0 Å². The van der Waals surface area contributed by atoms with Crippen molar-refractivity contribution in [3.05, 3.63) is 0 Å². The average molecular weight is 218 g/mol. The molecule has 1 heterocycles. The van der Waals surface area contributed by atoms with Gasteiger partial charge in [0.2, 0.25) is 0 Å². The van der Waals surface area contributed by atoms with Gasteiger partial charge in [0.25, 0.3) is 0 Å². The van der Waals surface area contributed by atoms with Crippen LogP contribution in [0.3, 0.4) is 0 Å². The highest BCUT2D eigenvalue weighted by atomic mass is 16.7. The number of ether oxygens (including phenoxy) is 3. The molecule has 90 valence electrons. The van der Waals surface area contributed by atoms with E-state index in [4.69, 9.17) is 19.3 Å². The Hall–Kier alpha value is -0.160. The van der Waals surface area contributed by atoms with Gasteiger partial charge in [-0.1, -0.05) is 0 Å². The van der Waals surface area contributed by atoms with Crippen LogP contribution in [0.2, 0.25) is 0 Å². The molecule has 0 bridgehead atoms. The predicted octanol–water partition coefficient (Wildman–Crippen LogP) is 1.32. The molecule has 0 aliphatic carbocycles. The van der Waals surface area contributed by atoms with Gasteiger partial charge >= 0.3 is 0 Å². The molecule has 1 rings (SSSR count). The first-order valence-electron chi connectivity index (χ1n) is 5.41. The first kappa shape index (κ1) is 12.9. The van der Waals surface area contributed by atoms with E-state index >= 15 is 0 Å². The third-order valence-corrected chi connectivity index (χ3v) is 2.44. The molecule has 1 saturated heterocycles. The van der Waals surface area contributed by atoms with Crippen LogP contribution >= 0.6 is 0 Å². The topological polar surface area (TPSA) is 47.9 Å². The Bertz CT molecular complexity index is 201. The molecular formula is C11H22O4. The van der Waals surface area contributed by atoms with Crippen LogP contribution in [0, 0.1) is 0 Å². The minimum absolute atomic E-state index is 0.00188. The van der Waals surface area contributed by atoms with Crippen LogP contribution in [-0.2, 0) is 14.2 Å². The van der Waals surface area contributed by atoms with Gasteiger partial charge in [-0.25, -0.2) is 0 Å². The van der Waals surface area contributed by atoms with Gasteiger partial charge in [0.05, 0.1) is 18.8 Å². The highest BCUT2D eigenvalue weighted by molar-refractivity contribution is 4.73. The first-order valence-corrected chi connectivity index (χ1v) is 5.41. The number of hydrogen-bond donors (Lipinski definition) is 1. The maximum Gasteiger partial charge on any atom is 0.163 e. The van der Waals surface area contributed by atoms with E-state index in [1.165, 1.54) is 0 Å². The van der Waals surface area contributed by atoms with Gasteiger partial charge < -0.3 is 19.3 Å². The number of hydrogen-bond acceptors (Lipinski definition) is 4. The monoisotopic (exact) mass is 218 g/mol. The second-order valence-electron chi connectivity index (χ2n) is 4.99. The summed E-state index contributed by atoms with van der Waals surface area (Å²) in [6, 6.07) is 0. The fraction of sp³-hybridized carbons (Fsp3) is 1.00. The van der Waals surface area contributed by atoms with Gasteiger partial charge in [0.1, 0.15) is 6.10 Å². The normalized spacial score (nSPS) is 25.8. The zero-order valence-electron chi connectivity index (χ0n) is 10.1. The van der Waals surface area contributed by atoms with Gasteiger partial charge in [0, 0.05) is 6.61 Å². The molecule has 15 heavy (non-hydrogen) atoms. The summed E-state index contributed by atoms with van der Waals surface area (Å²) in [7, 11) is 0. The van der Waals surface area contributed by atoms with Crippen molar-refractivity contribution in [1.29, 1.82) is 0 Å². The zero-order chi connectivity index (χ0) is 11.5. The Morgan fingerprint density at radius 3 is 2.60 bits per heavy atom. The Balaban J connectivity index is 2.26. The summed E-state index contributed by atoms with van der Waals surface area (Å²) in [6.45, 7) is 8.94. The molecule has 0 aromatic carbocycles. The van der Waals surface area contributed by atoms with E-state index in [1.807, 2.05) is 27.7 Å². The van der Waals surface area contributed by atoms with E-state index in [2.05, 4.69) is 0 Å². The van der Waals surface area contributed by atoms with Crippen molar-refractivity contribution in [3.63, 3.8) is 0 Å². The Morgan fingerprint density at radius 1 is 1.47 bits per heavy atom. The molecule has 1 aliphatic heterocycles. The van der Waals surface area contributed by atoms with Crippen LogP contribution < -0.4 is 0 Å². The molecule has 4 nitrogen and oxygen atoms in total. The van der Waals surface area contributed by atoms with Crippen molar-refractivity contribution < 1.29 is 19.3 Å². The minimum Gasteiger partial charge on any atom is -0.396 e. The molecule has 0 radical (unpaired) electrons. The van der Waals surface area contributed by atoms with Crippen LogP contribution in [0.5, 0.6) is 0 Å². The molecule has 0 amide bonds. The smallest absolute Gasteiger partial charge is 0.163 e. The fourth-order valence-electron chi connectivity index (χ4n) is 1.51. The van der Waals surface area contributed by atoms with Crippen molar-refractivity contribution in [2.45, 2.75) is 51.6 Å². The van der Waals surface area contributed by atoms with Crippen LogP contribution in [0.1, 0.15) is 34.1 Å². The van der Waals surface area contributed by atoms with Gasteiger partial charge in [-0.15, -0.1) is 0 Å². The van der Waals surface area contributed by atoms with E-state index in [9.17, 15) is 0 Å². The SMILES string of the molecule is CC(C)(CCO)OCC1COC(C)(C)O1. The molecule has 0 aromatic rings. The number of aliphatic hydroxyl groups excluding tert-OH is 1. The lowest BCUT2D eigenvalue weighted by atomic mass is 10.1. The molecule has 0 spiro atoms. The zero-order valence-corrected chi connectivity index (χ0v) is 10.1. The second kappa shape index (κ2) is 4.78. The van der Waals surface area contributed by atoms with Gasteiger partial charge in [0.15, 0.2) is 5.79 Å². The molecule has 4 heteroatoms. The van der Waals surface area contributed by atoms with Crippen LogP contribution in [0.25, 0.3) is 0 Å². The molecule has 1 aliphatic rings. The molecule has 1 fully saturated rings. The molecule has 0 aromatic heterocycles. The van der Waals surface area contributed by atoms with Crippen LogP contribution in [-0.4, -0.2) is 42.4 Å². The van der Waals surface area contributed by atoms with E-state index in [0.717, 1.165) is 0 Å². The quantitative estimate of drug-likeness (QED) is 0.756. The summed E-state index contributed by atoms with van der Waals surface area (Å²) in [6.07, 6.45) is 0.627. The summed E-state index contributed by atoms with van der Waals surface area (Å²) in [5, 5.41) is 8.84. The highest BCUT2D eigenvalue weighted by Gasteiger charge is 2.33. The van der Waals surface area contributed by atoms with E-state index < -0.39 is 5.79 Å². The third kappa shape index (κ3) is 4.47. The lowest BCUT2D eigenvalue weighted by Gasteiger charge is -2.26. The van der Waals surface area contributed by atoms with E-state index in [-0.39, 0.29) is 18.3 Å². The predicted molar refractivity (Wildman–Crippen MR) is 56.6 cm³/mol. The van der Waals surface area contributed by atoms with Gasteiger partial charge in [-0.2, -0.15) is 0 Å². The second-order valence-corrected chi connectivity index (χ2v) is 4.99. The summed E-state index contributed by atoms with van der Waals surface area (Å²) in [5.74, 6) is -0.491. The van der Waals surface area contributed by atoms with Crippen LogP contribution in [0.15, 0.2) is 0 Å². The molecule has 1 N–H and O–H groups in total. The van der Waals surface area contributed by atoms with Crippen molar-refractivity contribution >= 4 is 0 Å². The minimum atomic E-state index is -0.491. The lowest BCUT2D eigenvalue weighted by Crippen LogP contribution is -2.32. The van der Waals surface area contributed by atoms with E-state index in [1.54, 1.807) is 0 Å². The summed E-state index contributed by atoms with van der Waals surface area (Å²) >= 11 is 0. The summed E-state index contributed by atoms with van der Waals surface area (Å²) in [5.41, 5.74) is -0.301. The largest absolute Gasteiger partial charge is 0.396 e. The lowest BCUT2D eigenvalue weighted by molar-refractivity contribution is -0.153. The van der Waals surface area contributed by atoms with Crippen molar-refractivity contribution in [2.24, 2.45) is 0 Å². The average Bonchev–Trinajstić information content (AvgIpc) is 2.42. The molecular weight excluding hydrogens is 196 g/mol. The third-order valence-electron chi connectivity index (χ3n) is 2.44. The Labute approximate surface area is 91.5 Å². The maximum atomic E-state index is 8.84. The maximum absolute atomic E-state index is 8.84. The highest BCUT2D eigenvalue weighted by Crippen LogP contribution is 2.24. The molecule has 0 saturated carbocycles. The van der Waals surface area contributed by atoms with Gasteiger partial charge in [-0.3, -0.25) is 0 Å². The molecule has 1 atom stereocenters. The number of rotatable bonds is 5. The first-order chi connectivity index (χ1) is 6.85. The van der Waals surface area contributed by atoms with Crippen LogP contribution in [0.4, 0.5) is 0 Å². The summed E-state index contributed by atoms with van der Waals surface area (Å²) < 4.78 is 16.7. The van der Waals surface area contributed by atoms with Crippen molar-refractivity contribution in [3.8, 4) is 0 Å². The fourth-order valence-corrected chi connectivity index (χ4v) is 1.51. The number of aliphatic hydroxyl groups is 1.